The van der Waals surface area contributed by atoms with Crippen LogP contribution in [0.5, 0.6) is 11.5 Å². The van der Waals surface area contributed by atoms with Crippen molar-refractivity contribution in [2.24, 2.45) is 0 Å². The van der Waals surface area contributed by atoms with Gasteiger partial charge in [0.15, 0.2) is 11.5 Å². The van der Waals surface area contributed by atoms with Crippen molar-refractivity contribution in [3.8, 4) is 11.5 Å². The van der Waals surface area contributed by atoms with E-state index in [4.69, 9.17) is 9.47 Å². The quantitative estimate of drug-likeness (QED) is 0.664. The Kier molecular flexibility index (Phi) is 8.54. The third-order valence-electron chi connectivity index (χ3n) is 3.08. The molecule has 0 radical (unpaired) electrons. The van der Waals surface area contributed by atoms with E-state index in [-0.39, 0.29) is 0 Å². The minimum Gasteiger partial charge on any atom is -0.493 e. The van der Waals surface area contributed by atoms with Crippen LogP contribution in [0.2, 0.25) is 0 Å². The molecule has 0 heterocycles. The first-order valence-electron chi connectivity index (χ1n) is 7.34. The Bertz CT molecular complexity index is 385. The van der Waals surface area contributed by atoms with Gasteiger partial charge in [-0.3, -0.25) is 0 Å². The van der Waals surface area contributed by atoms with Crippen LogP contribution in [-0.2, 0) is 0 Å². The van der Waals surface area contributed by atoms with Crippen molar-refractivity contribution in [1.82, 2.24) is 5.32 Å². The number of ether oxygens (including phenoxy) is 2. The molecule has 114 valence electrons. The van der Waals surface area contributed by atoms with Gasteiger partial charge < -0.3 is 14.8 Å². The molecule has 0 aliphatic rings. The second-order valence-electron chi connectivity index (χ2n) is 4.63. The summed E-state index contributed by atoms with van der Waals surface area (Å²) in [7, 11) is 1.69. The summed E-state index contributed by atoms with van der Waals surface area (Å²) in [5.41, 5.74) is 1.23. The van der Waals surface area contributed by atoms with Crippen LogP contribution in [0.4, 0.5) is 0 Å². The molecule has 1 aromatic carbocycles. The van der Waals surface area contributed by atoms with E-state index >= 15 is 0 Å². The maximum absolute atomic E-state index is 5.78. The van der Waals surface area contributed by atoms with Crippen LogP contribution in [0, 0.1) is 0 Å². The number of rotatable bonds is 10. The van der Waals surface area contributed by atoms with Gasteiger partial charge in [0.05, 0.1) is 13.7 Å². The molecule has 4 heteroatoms. The fraction of sp³-hybridized carbons (Fsp3) is 0.625. The number of benzene rings is 1. The topological polar surface area (TPSA) is 30.5 Å². The van der Waals surface area contributed by atoms with E-state index in [1.807, 2.05) is 17.8 Å². The first-order valence-corrected chi connectivity index (χ1v) is 8.50. The molecule has 0 saturated heterocycles. The van der Waals surface area contributed by atoms with Crippen LogP contribution in [0.3, 0.4) is 0 Å². The van der Waals surface area contributed by atoms with Crippen LogP contribution in [0.15, 0.2) is 18.2 Å². The third-order valence-corrected chi connectivity index (χ3v) is 3.94. The first-order chi connectivity index (χ1) is 9.72. The van der Waals surface area contributed by atoms with Crippen LogP contribution in [0.25, 0.3) is 0 Å². The summed E-state index contributed by atoms with van der Waals surface area (Å²) in [5.74, 6) is 3.78. The molecule has 0 bridgehead atoms. The molecule has 0 aliphatic heterocycles. The summed E-state index contributed by atoms with van der Waals surface area (Å²) in [6, 6.07) is 6.51. The summed E-state index contributed by atoms with van der Waals surface area (Å²) in [5, 5.41) is 3.48. The van der Waals surface area contributed by atoms with E-state index in [1.54, 1.807) is 7.11 Å². The SMILES string of the molecule is CCCNC(C)c1ccc(OCCSCC)c(OC)c1. The van der Waals surface area contributed by atoms with Crippen LogP contribution in [0.1, 0.15) is 38.8 Å². The molecule has 0 saturated carbocycles. The summed E-state index contributed by atoms with van der Waals surface area (Å²) in [6.07, 6.45) is 1.14. The van der Waals surface area contributed by atoms with E-state index < -0.39 is 0 Å². The highest BCUT2D eigenvalue weighted by Crippen LogP contribution is 2.30. The van der Waals surface area contributed by atoms with E-state index in [0.717, 1.165) is 42.6 Å². The molecule has 0 aromatic heterocycles. The summed E-state index contributed by atoms with van der Waals surface area (Å²) >= 11 is 1.88. The number of hydrogen-bond acceptors (Lipinski definition) is 4. The molecule has 1 aromatic rings. The standard InChI is InChI=1S/C16H27NO2S/c1-5-9-17-13(3)14-7-8-15(16(12-14)18-4)19-10-11-20-6-2/h7-8,12-13,17H,5-6,9-11H2,1-4H3. The maximum Gasteiger partial charge on any atom is 0.161 e. The lowest BCUT2D eigenvalue weighted by Gasteiger charge is -2.17. The second kappa shape index (κ2) is 9.94. The lowest BCUT2D eigenvalue weighted by atomic mass is 10.1. The average Bonchev–Trinajstić information content (AvgIpc) is 2.49. The van der Waals surface area contributed by atoms with Crippen LogP contribution >= 0.6 is 11.8 Å². The maximum atomic E-state index is 5.78. The van der Waals surface area contributed by atoms with Crippen molar-refractivity contribution < 1.29 is 9.47 Å². The lowest BCUT2D eigenvalue weighted by Crippen LogP contribution is -2.19. The highest BCUT2D eigenvalue weighted by atomic mass is 32.2. The van der Waals surface area contributed by atoms with Gasteiger partial charge in [-0.1, -0.05) is 19.9 Å². The van der Waals surface area contributed by atoms with Gasteiger partial charge in [-0.15, -0.1) is 0 Å². The molecule has 0 fully saturated rings. The normalized spacial score (nSPS) is 12.2. The average molecular weight is 297 g/mol. The molecule has 0 spiro atoms. The van der Waals surface area contributed by atoms with E-state index in [2.05, 4.69) is 38.2 Å². The molecule has 1 N–H and O–H groups in total. The van der Waals surface area contributed by atoms with Gasteiger partial charge in [-0.05, 0) is 43.3 Å². The van der Waals surface area contributed by atoms with Gasteiger partial charge in [0, 0.05) is 11.8 Å². The van der Waals surface area contributed by atoms with Crippen molar-refractivity contribution >= 4 is 11.8 Å². The highest BCUT2D eigenvalue weighted by Gasteiger charge is 2.10. The zero-order valence-corrected chi connectivity index (χ0v) is 13.9. The molecule has 20 heavy (non-hydrogen) atoms. The van der Waals surface area contributed by atoms with Gasteiger partial charge in [0.1, 0.15) is 0 Å². The van der Waals surface area contributed by atoms with Crippen molar-refractivity contribution in [3.05, 3.63) is 23.8 Å². The van der Waals surface area contributed by atoms with Gasteiger partial charge >= 0.3 is 0 Å². The fourth-order valence-corrected chi connectivity index (χ4v) is 2.40. The van der Waals surface area contributed by atoms with Gasteiger partial charge in [-0.2, -0.15) is 11.8 Å². The number of thioether (sulfide) groups is 1. The van der Waals surface area contributed by atoms with Crippen molar-refractivity contribution in [2.75, 3.05) is 31.8 Å². The van der Waals surface area contributed by atoms with Crippen molar-refractivity contribution in [3.63, 3.8) is 0 Å². The minimum atomic E-state index is 0.327. The zero-order valence-electron chi connectivity index (χ0n) is 13.1. The number of hydrogen-bond donors (Lipinski definition) is 1. The number of methoxy groups -OCH3 is 1. The Morgan fingerprint density at radius 2 is 2.05 bits per heavy atom. The van der Waals surface area contributed by atoms with E-state index in [9.17, 15) is 0 Å². The number of nitrogens with one attached hydrogen (secondary N) is 1. The predicted molar refractivity (Wildman–Crippen MR) is 88.2 cm³/mol. The fourth-order valence-electron chi connectivity index (χ4n) is 1.91. The summed E-state index contributed by atoms with van der Waals surface area (Å²) in [6.45, 7) is 8.24. The summed E-state index contributed by atoms with van der Waals surface area (Å²) < 4.78 is 11.2. The smallest absolute Gasteiger partial charge is 0.161 e. The first kappa shape index (κ1) is 17.2. The zero-order chi connectivity index (χ0) is 14.8. The van der Waals surface area contributed by atoms with Crippen molar-refractivity contribution in [1.29, 1.82) is 0 Å². The summed E-state index contributed by atoms with van der Waals surface area (Å²) in [4.78, 5) is 0. The Morgan fingerprint density at radius 1 is 1.25 bits per heavy atom. The molecule has 0 amide bonds. The Labute approximate surface area is 127 Å². The third kappa shape index (κ3) is 5.63. The molecule has 1 atom stereocenters. The Morgan fingerprint density at radius 3 is 2.70 bits per heavy atom. The van der Waals surface area contributed by atoms with Crippen molar-refractivity contribution in [2.45, 2.75) is 33.2 Å². The Hall–Kier alpha value is -0.870. The lowest BCUT2D eigenvalue weighted by molar-refractivity contribution is 0.313. The molecule has 0 aliphatic carbocycles. The van der Waals surface area contributed by atoms with Crippen LogP contribution in [-0.4, -0.2) is 31.8 Å². The monoisotopic (exact) mass is 297 g/mol. The van der Waals surface area contributed by atoms with Crippen LogP contribution < -0.4 is 14.8 Å². The van der Waals surface area contributed by atoms with Gasteiger partial charge in [-0.25, -0.2) is 0 Å². The van der Waals surface area contributed by atoms with E-state index in [1.165, 1.54) is 5.56 Å². The highest BCUT2D eigenvalue weighted by molar-refractivity contribution is 7.99. The molecular weight excluding hydrogens is 270 g/mol. The molecular formula is C16H27NO2S. The molecule has 1 unspecified atom stereocenters. The minimum absolute atomic E-state index is 0.327. The second-order valence-corrected chi connectivity index (χ2v) is 6.03. The van der Waals surface area contributed by atoms with E-state index in [0.29, 0.717) is 6.04 Å². The van der Waals surface area contributed by atoms with Gasteiger partial charge in [0.25, 0.3) is 0 Å². The molecule has 3 nitrogen and oxygen atoms in total. The Balaban J connectivity index is 2.64. The molecule has 1 rings (SSSR count). The predicted octanol–water partition coefficient (Wildman–Crippen LogP) is 3.89. The largest absolute Gasteiger partial charge is 0.493 e. The van der Waals surface area contributed by atoms with Gasteiger partial charge in [0.2, 0.25) is 0 Å².